The Balaban J connectivity index is 1.94. The van der Waals surface area contributed by atoms with Gasteiger partial charge in [-0.1, -0.05) is 0 Å². The Morgan fingerprint density at radius 2 is 2.33 bits per heavy atom. The van der Waals surface area contributed by atoms with Crippen molar-refractivity contribution in [1.82, 2.24) is 10.3 Å². The van der Waals surface area contributed by atoms with Crippen LogP contribution >= 0.6 is 22.7 Å². The van der Waals surface area contributed by atoms with Crippen molar-refractivity contribution in [1.29, 1.82) is 0 Å². The summed E-state index contributed by atoms with van der Waals surface area (Å²) in [4.78, 5) is 4.63. The topological polar surface area (TPSA) is 34.1 Å². The molecule has 0 bridgehead atoms. The van der Waals surface area contributed by atoms with Gasteiger partial charge in [-0.2, -0.15) is 0 Å². The molecule has 0 amide bonds. The monoisotopic (exact) mass is 276 g/mol. The average Bonchev–Trinajstić information content (AvgIpc) is 2.87. The second kappa shape index (κ2) is 3.91. The molecule has 1 fully saturated rings. The number of hydrogen-bond acceptors (Lipinski definition) is 5. The number of benzene rings is 1. The van der Waals surface area contributed by atoms with Crippen LogP contribution in [0.1, 0.15) is 5.01 Å². The van der Waals surface area contributed by atoms with Gasteiger partial charge in [0, 0.05) is 24.5 Å². The average molecular weight is 276 g/mol. The van der Waals surface area contributed by atoms with Gasteiger partial charge in [0.1, 0.15) is 11.9 Å². The molecule has 92 valence electrons. The Bertz CT molecular complexity index is 727. The highest BCUT2D eigenvalue weighted by molar-refractivity contribution is 7.21. The van der Waals surface area contributed by atoms with Crippen molar-refractivity contribution in [2.45, 2.75) is 13.0 Å². The number of thiazole rings is 1. The third-order valence-corrected chi connectivity index (χ3v) is 5.04. The van der Waals surface area contributed by atoms with Gasteiger partial charge in [-0.05, 0) is 18.4 Å². The van der Waals surface area contributed by atoms with Crippen molar-refractivity contribution in [3.05, 3.63) is 22.5 Å². The molecule has 1 saturated heterocycles. The summed E-state index contributed by atoms with van der Waals surface area (Å²) in [6.45, 7) is 3.96. The highest BCUT2D eigenvalue weighted by Gasteiger charge is 2.20. The zero-order valence-corrected chi connectivity index (χ0v) is 11.5. The lowest BCUT2D eigenvalue weighted by Gasteiger charge is -2.28. The number of thiophene rings is 1. The van der Waals surface area contributed by atoms with E-state index >= 15 is 0 Å². The van der Waals surface area contributed by atoms with E-state index in [1.807, 2.05) is 0 Å². The normalized spacial score (nSPS) is 16.3. The maximum atomic E-state index is 6.06. The number of aryl methyl sites for hydroxylation is 1. The highest BCUT2D eigenvalue weighted by atomic mass is 32.1. The lowest BCUT2D eigenvalue weighted by Crippen LogP contribution is -2.50. The van der Waals surface area contributed by atoms with Gasteiger partial charge in [0.05, 0.1) is 19.9 Å². The summed E-state index contributed by atoms with van der Waals surface area (Å²) in [5.74, 6) is 1.01. The molecular formula is C13H12N2OS2. The molecule has 4 rings (SSSR count). The fourth-order valence-electron chi connectivity index (χ4n) is 2.21. The summed E-state index contributed by atoms with van der Waals surface area (Å²) in [5.41, 5.74) is 1.13. The van der Waals surface area contributed by atoms with Gasteiger partial charge in [0.15, 0.2) is 0 Å². The Morgan fingerprint density at radius 3 is 3.11 bits per heavy atom. The van der Waals surface area contributed by atoms with Crippen LogP contribution in [0.15, 0.2) is 17.5 Å². The molecule has 0 unspecified atom stereocenters. The number of hydrogen-bond donors (Lipinski definition) is 1. The zero-order valence-electron chi connectivity index (χ0n) is 9.90. The SMILES string of the molecule is Cc1nc2c(cc(OC3CNC3)c3ccsc32)s1. The van der Waals surface area contributed by atoms with E-state index in [1.165, 1.54) is 14.8 Å². The molecule has 1 aromatic carbocycles. The number of aromatic nitrogens is 1. The van der Waals surface area contributed by atoms with Crippen molar-refractivity contribution >= 4 is 43.0 Å². The molecule has 3 aromatic rings. The molecule has 3 nitrogen and oxygen atoms in total. The summed E-state index contributed by atoms with van der Waals surface area (Å²) in [5, 5.41) is 7.66. The Labute approximate surface area is 112 Å². The summed E-state index contributed by atoms with van der Waals surface area (Å²) in [6, 6.07) is 4.28. The number of nitrogens with zero attached hydrogens (tertiary/aromatic N) is 1. The number of ether oxygens (including phenoxy) is 1. The van der Waals surface area contributed by atoms with Crippen LogP contribution in [0.3, 0.4) is 0 Å². The van der Waals surface area contributed by atoms with Gasteiger partial charge in [-0.25, -0.2) is 4.98 Å². The summed E-state index contributed by atoms with van der Waals surface area (Å²) in [6.07, 6.45) is 0.319. The van der Waals surface area contributed by atoms with Gasteiger partial charge < -0.3 is 10.1 Å². The van der Waals surface area contributed by atoms with Gasteiger partial charge >= 0.3 is 0 Å². The quantitative estimate of drug-likeness (QED) is 0.780. The fraction of sp³-hybridized carbons (Fsp3) is 0.308. The Kier molecular flexibility index (Phi) is 2.33. The van der Waals surface area contributed by atoms with Crippen LogP contribution in [0.25, 0.3) is 20.3 Å². The lowest BCUT2D eigenvalue weighted by molar-refractivity contribution is 0.144. The van der Waals surface area contributed by atoms with Crippen LogP contribution in [0.2, 0.25) is 0 Å². The molecule has 1 aliphatic heterocycles. The minimum Gasteiger partial charge on any atom is -0.487 e. The summed E-state index contributed by atoms with van der Waals surface area (Å²) in [7, 11) is 0. The van der Waals surface area contributed by atoms with Crippen LogP contribution in [0.4, 0.5) is 0 Å². The van der Waals surface area contributed by atoms with E-state index in [1.54, 1.807) is 22.7 Å². The molecular weight excluding hydrogens is 264 g/mol. The first kappa shape index (κ1) is 10.7. The van der Waals surface area contributed by atoms with E-state index in [4.69, 9.17) is 4.74 Å². The predicted octanol–water partition coefficient (Wildman–Crippen LogP) is 3.17. The highest BCUT2D eigenvalue weighted by Crippen LogP contribution is 2.39. The molecule has 1 N–H and O–H groups in total. The number of fused-ring (bicyclic) bond motifs is 3. The number of rotatable bonds is 2. The molecule has 18 heavy (non-hydrogen) atoms. The first-order chi connectivity index (χ1) is 8.81. The van der Waals surface area contributed by atoms with Crippen molar-refractivity contribution in [2.75, 3.05) is 13.1 Å². The standard InChI is InChI=1S/C13H12N2OS2/c1-7-15-12-11(18-7)4-10(16-8-5-14-6-8)9-2-3-17-13(9)12/h2-4,8,14H,5-6H2,1H3. The molecule has 0 saturated carbocycles. The molecule has 1 aliphatic rings. The third-order valence-electron chi connectivity index (χ3n) is 3.21. The van der Waals surface area contributed by atoms with E-state index in [-0.39, 0.29) is 0 Å². The molecule has 0 spiro atoms. The predicted molar refractivity (Wildman–Crippen MR) is 77.0 cm³/mol. The third kappa shape index (κ3) is 1.55. The van der Waals surface area contributed by atoms with Crippen molar-refractivity contribution < 1.29 is 4.74 Å². The second-order valence-corrected chi connectivity index (χ2v) is 6.67. The summed E-state index contributed by atoms with van der Waals surface area (Å²) < 4.78 is 8.54. The van der Waals surface area contributed by atoms with Crippen molar-refractivity contribution in [2.24, 2.45) is 0 Å². The smallest absolute Gasteiger partial charge is 0.130 e. The van der Waals surface area contributed by atoms with Crippen LogP contribution in [0.5, 0.6) is 5.75 Å². The number of nitrogens with one attached hydrogen (secondary N) is 1. The Morgan fingerprint density at radius 1 is 1.44 bits per heavy atom. The van der Waals surface area contributed by atoms with Gasteiger partial charge in [-0.3, -0.25) is 0 Å². The molecule has 3 heterocycles. The largest absolute Gasteiger partial charge is 0.487 e. The summed E-state index contributed by atoms with van der Waals surface area (Å²) >= 11 is 3.48. The maximum Gasteiger partial charge on any atom is 0.130 e. The molecule has 0 radical (unpaired) electrons. The first-order valence-corrected chi connectivity index (χ1v) is 7.65. The van der Waals surface area contributed by atoms with E-state index in [0.717, 1.165) is 29.4 Å². The van der Waals surface area contributed by atoms with Gasteiger partial charge in [0.2, 0.25) is 0 Å². The maximum absolute atomic E-state index is 6.06. The van der Waals surface area contributed by atoms with Crippen LogP contribution in [0, 0.1) is 6.92 Å². The lowest BCUT2D eigenvalue weighted by atomic mass is 10.2. The Hall–Kier alpha value is -1.17. The zero-order chi connectivity index (χ0) is 12.1. The van der Waals surface area contributed by atoms with E-state index < -0.39 is 0 Å². The minimum atomic E-state index is 0.319. The molecule has 5 heteroatoms. The van der Waals surface area contributed by atoms with Crippen LogP contribution < -0.4 is 10.1 Å². The first-order valence-electron chi connectivity index (χ1n) is 5.96. The van der Waals surface area contributed by atoms with Gasteiger partial charge in [-0.15, -0.1) is 22.7 Å². The van der Waals surface area contributed by atoms with Gasteiger partial charge in [0.25, 0.3) is 0 Å². The fourth-order valence-corrected chi connectivity index (χ4v) is 4.04. The van der Waals surface area contributed by atoms with Crippen LogP contribution in [-0.2, 0) is 0 Å². The van der Waals surface area contributed by atoms with Crippen LogP contribution in [-0.4, -0.2) is 24.2 Å². The molecule has 0 atom stereocenters. The van der Waals surface area contributed by atoms with E-state index in [9.17, 15) is 0 Å². The second-order valence-electron chi connectivity index (χ2n) is 4.52. The van der Waals surface area contributed by atoms with E-state index in [0.29, 0.717) is 6.10 Å². The minimum absolute atomic E-state index is 0.319. The van der Waals surface area contributed by atoms with Crippen molar-refractivity contribution in [3.63, 3.8) is 0 Å². The molecule has 2 aromatic heterocycles. The molecule has 0 aliphatic carbocycles. The van der Waals surface area contributed by atoms with Crippen molar-refractivity contribution in [3.8, 4) is 5.75 Å². The van der Waals surface area contributed by atoms with E-state index in [2.05, 4.69) is 34.7 Å².